The van der Waals surface area contributed by atoms with Gasteiger partial charge in [-0.05, 0) is 18.2 Å². The molecule has 0 aliphatic rings. The molecule has 0 aromatic heterocycles. The maximum Gasteiger partial charge on any atom is 0.126 e. The van der Waals surface area contributed by atoms with E-state index in [-0.39, 0.29) is 11.1 Å². The number of nitrogen functional groups attached to an aromatic ring is 1. The van der Waals surface area contributed by atoms with Gasteiger partial charge in [-0.3, -0.25) is 0 Å². The van der Waals surface area contributed by atoms with Crippen LogP contribution in [0.4, 0.5) is 10.1 Å². The van der Waals surface area contributed by atoms with Crippen molar-refractivity contribution in [3.63, 3.8) is 0 Å². The highest BCUT2D eigenvalue weighted by Crippen LogP contribution is 2.25. The van der Waals surface area contributed by atoms with Gasteiger partial charge in [-0.15, -0.1) is 11.8 Å². The topological polar surface area (TPSA) is 52.0 Å². The Bertz CT molecular complexity index is 271. The molecule has 1 unspecified atom stereocenters. The van der Waals surface area contributed by atoms with Crippen molar-refractivity contribution in [1.29, 1.82) is 0 Å². The maximum absolute atomic E-state index is 12.9. The van der Waals surface area contributed by atoms with Crippen LogP contribution in [0.25, 0.3) is 0 Å². The number of rotatable bonds is 3. The summed E-state index contributed by atoms with van der Waals surface area (Å²) in [5.74, 6) is -0.299. The van der Waals surface area contributed by atoms with Crippen LogP contribution in [0.5, 0.6) is 0 Å². The van der Waals surface area contributed by atoms with Crippen molar-refractivity contribution in [2.24, 2.45) is 5.73 Å². The van der Waals surface area contributed by atoms with E-state index in [2.05, 4.69) is 0 Å². The monoisotopic (exact) mass is 200 g/mol. The van der Waals surface area contributed by atoms with E-state index in [9.17, 15) is 4.39 Å². The van der Waals surface area contributed by atoms with E-state index in [4.69, 9.17) is 11.5 Å². The van der Waals surface area contributed by atoms with Crippen LogP contribution >= 0.6 is 11.8 Å². The molecule has 0 spiro atoms. The molecule has 13 heavy (non-hydrogen) atoms. The number of benzene rings is 1. The fourth-order valence-electron chi connectivity index (χ4n) is 0.933. The Morgan fingerprint density at radius 1 is 1.46 bits per heavy atom. The first-order valence-electron chi connectivity index (χ1n) is 4.04. The zero-order valence-corrected chi connectivity index (χ0v) is 8.27. The lowest BCUT2D eigenvalue weighted by Gasteiger charge is -2.08. The van der Waals surface area contributed by atoms with E-state index in [0.717, 1.165) is 4.90 Å². The molecule has 0 radical (unpaired) electrons. The predicted octanol–water partition coefficient (Wildman–Crippen LogP) is 1.85. The molecule has 0 fully saturated rings. The Labute approximate surface area is 81.5 Å². The lowest BCUT2D eigenvalue weighted by atomic mass is 10.3. The summed E-state index contributed by atoms with van der Waals surface area (Å²) in [6.07, 6.45) is 0. The number of anilines is 1. The molecule has 0 aliphatic heterocycles. The van der Waals surface area contributed by atoms with Crippen LogP contribution in [0.2, 0.25) is 0 Å². The molecule has 4 heteroatoms. The summed E-state index contributed by atoms with van der Waals surface area (Å²) < 4.78 is 12.9. The van der Waals surface area contributed by atoms with Crippen LogP contribution in [-0.2, 0) is 0 Å². The summed E-state index contributed by atoms with van der Waals surface area (Å²) in [6.45, 7) is 2.56. The number of hydrogen-bond donors (Lipinski definition) is 2. The zero-order chi connectivity index (χ0) is 9.84. The second kappa shape index (κ2) is 4.48. The van der Waals surface area contributed by atoms with Gasteiger partial charge in [0.2, 0.25) is 0 Å². The minimum Gasteiger partial charge on any atom is -0.399 e. The molecule has 4 N–H and O–H groups in total. The van der Waals surface area contributed by atoms with Crippen LogP contribution in [0.1, 0.15) is 6.92 Å². The summed E-state index contributed by atoms with van der Waals surface area (Å²) >= 11 is 1.53. The third-order valence-corrected chi connectivity index (χ3v) is 2.67. The van der Waals surface area contributed by atoms with Crippen LogP contribution in [0.15, 0.2) is 23.1 Å². The van der Waals surface area contributed by atoms with Crippen molar-refractivity contribution in [3.05, 3.63) is 24.0 Å². The first-order valence-corrected chi connectivity index (χ1v) is 4.92. The van der Waals surface area contributed by atoms with Gasteiger partial charge in [-0.2, -0.15) is 0 Å². The van der Waals surface area contributed by atoms with Crippen LogP contribution in [-0.4, -0.2) is 11.8 Å². The molecule has 0 heterocycles. The number of nitrogens with two attached hydrogens (primary N) is 2. The standard InChI is InChI=1S/C9H13FN2S/c1-6(5-11)13-9-3-7(10)2-8(12)4-9/h2-4,6H,5,11-12H2,1H3. The number of thioether (sulfide) groups is 1. The molecule has 1 atom stereocenters. The van der Waals surface area contributed by atoms with Gasteiger partial charge in [0, 0.05) is 22.4 Å². The lowest BCUT2D eigenvalue weighted by Crippen LogP contribution is -2.12. The smallest absolute Gasteiger partial charge is 0.126 e. The van der Waals surface area contributed by atoms with E-state index in [1.165, 1.54) is 23.9 Å². The Kier molecular flexibility index (Phi) is 3.57. The molecule has 1 aromatic rings. The van der Waals surface area contributed by atoms with E-state index >= 15 is 0 Å². The van der Waals surface area contributed by atoms with Gasteiger partial charge in [0.05, 0.1) is 0 Å². The van der Waals surface area contributed by atoms with Crippen molar-refractivity contribution in [3.8, 4) is 0 Å². The highest BCUT2D eigenvalue weighted by molar-refractivity contribution is 8.00. The van der Waals surface area contributed by atoms with Gasteiger partial charge in [-0.25, -0.2) is 4.39 Å². The van der Waals surface area contributed by atoms with Gasteiger partial charge in [0.25, 0.3) is 0 Å². The number of hydrogen-bond acceptors (Lipinski definition) is 3. The first-order chi connectivity index (χ1) is 6.11. The molecular formula is C9H13FN2S. The maximum atomic E-state index is 12.9. The van der Waals surface area contributed by atoms with Crippen molar-refractivity contribution < 1.29 is 4.39 Å². The molecule has 0 saturated heterocycles. The van der Waals surface area contributed by atoms with Gasteiger partial charge >= 0.3 is 0 Å². The van der Waals surface area contributed by atoms with Crippen molar-refractivity contribution in [2.45, 2.75) is 17.1 Å². The lowest BCUT2D eigenvalue weighted by molar-refractivity contribution is 0.625. The van der Waals surface area contributed by atoms with E-state index in [1.807, 2.05) is 6.92 Å². The number of halogens is 1. The summed E-state index contributed by atoms with van der Waals surface area (Å²) in [7, 11) is 0. The third kappa shape index (κ3) is 3.24. The normalized spacial score (nSPS) is 12.8. The van der Waals surface area contributed by atoms with E-state index < -0.39 is 0 Å². The van der Waals surface area contributed by atoms with Gasteiger partial charge < -0.3 is 11.5 Å². The van der Waals surface area contributed by atoms with E-state index in [1.54, 1.807) is 6.07 Å². The molecule has 0 bridgehead atoms. The molecule has 0 aliphatic carbocycles. The van der Waals surface area contributed by atoms with Crippen LogP contribution in [0.3, 0.4) is 0 Å². The fourth-order valence-corrected chi connectivity index (χ4v) is 1.88. The Hall–Kier alpha value is -0.740. The molecule has 0 saturated carbocycles. The summed E-state index contributed by atoms with van der Waals surface area (Å²) in [6, 6.07) is 4.52. The van der Waals surface area contributed by atoms with E-state index in [0.29, 0.717) is 12.2 Å². The Morgan fingerprint density at radius 2 is 2.15 bits per heavy atom. The molecule has 1 aromatic carbocycles. The highest BCUT2D eigenvalue weighted by Gasteiger charge is 2.03. The van der Waals surface area contributed by atoms with Gasteiger partial charge in [-0.1, -0.05) is 6.92 Å². The highest BCUT2D eigenvalue weighted by atomic mass is 32.2. The van der Waals surface area contributed by atoms with Crippen LogP contribution in [0, 0.1) is 5.82 Å². The van der Waals surface area contributed by atoms with Gasteiger partial charge in [0.1, 0.15) is 5.82 Å². The zero-order valence-electron chi connectivity index (χ0n) is 7.46. The molecule has 0 amide bonds. The molecule has 1 rings (SSSR count). The van der Waals surface area contributed by atoms with Crippen LogP contribution < -0.4 is 11.5 Å². The second-order valence-electron chi connectivity index (χ2n) is 2.88. The fraction of sp³-hybridized carbons (Fsp3) is 0.333. The summed E-state index contributed by atoms with van der Waals surface area (Å²) in [4.78, 5) is 0.829. The second-order valence-corrected chi connectivity index (χ2v) is 4.40. The molecule has 72 valence electrons. The first kappa shape index (κ1) is 10.3. The van der Waals surface area contributed by atoms with Gasteiger partial charge in [0.15, 0.2) is 0 Å². The Morgan fingerprint density at radius 3 is 2.69 bits per heavy atom. The molecular weight excluding hydrogens is 187 g/mol. The van der Waals surface area contributed by atoms with Crippen molar-refractivity contribution in [2.75, 3.05) is 12.3 Å². The van der Waals surface area contributed by atoms with Crippen molar-refractivity contribution >= 4 is 17.4 Å². The quantitative estimate of drug-likeness (QED) is 0.578. The summed E-state index contributed by atoms with van der Waals surface area (Å²) in [5, 5.41) is 0.279. The predicted molar refractivity (Wildman–Crippen MR) is 55.2 cm³/mol. The average molecular weight is 200 g/mol. The third-order valence-electron chi connectivity index (χ3n) is 1.56. The van der Waals surface area contributed by atoms with Crippen molar-refractivity contribution in [1.82, 2.24) is 0 Å². The summed E-state index contributed by atoms with van der Waals surface area (Å²) in [5.41, 5.74) is 11.4. The Balaban J connectivity index is 2.77. The molecule has 2 nitrogen and oxygen atoms in total. The SMILES string of the molecule is CC(CN)Sc1cc(N)cc(F)c1. The minimum atomic E-state index is -0.299. The minimum absolute atomic E-state index is 0.279. The average Bonchev–Trinajstić information content (AvgIpc) is 2.02. The largest absolute Gasteiger partial charge is 0.399 e.